The number of nitrogens with zero attached hydrogens (tertiary/aromatic N) is 1. The van der Waals surface area contributed by atoms with Gasteiger partial charge in [-0.15, -0.1) is 0 Å². The topological polar surface area (TPSA) is 49.3 Å². The Balaban J connectivity index is 1.85. The Morgan fingerprint density at radius 2 is 1.38 bits per heavy atom. The van der Waals surface area contributed by atoms with E-state index in [4.69, 9.17) is 18.9 Å². The highest BCUT2D eigenvalue weighted by Crippen LogP contribution is 2.22. The number of methoxy groups -OCH3 is 2. The van der Waals surface area contributed by atoms with Crippen molar-refractivity contribution in [3.8, 4) is 23.0 Å². The molecule has 0 saturated heterocycles. The summed E-state index contributed by atoms with van der Waals surface area (Å²) in [4.78, 5) is 4.63. The summed E-state index contributed by atoms with van der Waals surface area (Å²) in [5.41, 5.74) is 1.51. The maximum Gasteiger partial charge on any atom is 0.225 e. The van der Waals surface area contributed by atoms with E-state index >= 15 is 0 Å². The third-order valence-corrected chi connectivity index (χ3v) is 4.01. The molecule has 0 aliphatic rings. The van der Waals surface area contributed by atoms with E-state index in [2.05, 4.69) is 4.99 Å². The van der Waals surface area contributed by atoms with E-state index in [-0.39, 0.29) is 0 Å². The molecule has 5 heteroatoms. The first kappa shape index (κ1) is 20.0. The maximum absolute atomic E-state index is 6.05. The molecule has 3 rings (SSSR count). The molecule has 5 nitrogen and oxygen atoms in total. The van der Waals surface area contributed by atoms with E-state index in [1.165, 1.54) is 0 Å². The van der Waals surface area contributed by atoms with Crippen LogP contribution in [0.2, 0.25) is 0 Å². The monoisotopic (exact) mass is 389 g/mol. The Morgan fingerprint density at radius 1 is 0.724 bits per heavy atom. The number of ether oxygens (including phenoxy) is 4. The van der Waals surface area contributed by atoms with Crippen LogP contribution in [0.3, 0.4) is 0 Å². The molecule has 0 aromatic heterocycles. The molecule has 0 amide bonds. The summed E-state index contributed by atoms with van der Waals surface area (Å²) >= 11 is 0. The third kappa shape index (κ3) is 5.87. The zero-order valence-corrected chi connectivity index (χ0v) is 16.7. The quantitative estimate of drug-likeness (QED) is 0.291. The average molecular weight is 389 g/mol. The lowest BCUT2D eigenvalue weighted by Crippen LogP contribution is -2.11. The second-order valence-corrected chi connectivity index (χ2v) is 6.13. The largest absolute Gasteiger partial charge is 0.497 e. The van der Waals surface area contributed by atoms with Gasteiger partial charge in [0.05, 0.1) is 26.2 Å². The molecular formula is C24H23NO4. The van der Waals surface area contributed by atoms with Crippen LogP contribution < -0.4 is 18.9 Å². The van der Waals surface area contributed by atoms with Crippen LogP contribution in [0, 0.1) is 0 Å². The minimum Gasteiger partial charge on any atom is -0.497 e. The molecule has 0 atom stereocenters. The van der Waals surface area contributed by atoms with Crippen LogP contribution in [-0.4, -0.2) is 20.1 Å². The highest BCUT2D eigenvalue weighted by molar-refractivity contribution is 5.96. The first-order chi connectivity index (χ1) is 14.2. The highest BCUT2D eigenvalue weighted by Gasteiger charge is 2.09. The molecule has 148 valence electrons. The smallest absolute Gasteiger partial charge is 0.225 e. The molecular weight excluding hydrogens is 366 g/mol. The molecule has 3 aromatic carbocycles. The predicted molar refractivity (Wildman–Crippen MR) is 115 cm³/mol. The van der Waals surface area contributed by atoms with E-state index in [0.717, 1.165) is 17.0 Å². The van der Waals surface area contributed by atoms with Crippen LogP contribution in [0.15, 0.2) is 95.7 Å². The second kappa shape index (κ2) is 9.99. The van der Waals surface area contributed by atoms with Crippen LogP contribution in [0.4, 0.5) is 5.69 Å². The zero-order chi connectivity index (χ0) is 20.5. The van der Waals surface area contributed by atoms with Crippen LogP contribution >= 0.6 is 0 Å². The lowest BCUT2D eigenvalue weighted by atomic mass is 10.3. The maximum atomic E-state index is 6.05. The summed E-state index contributed by atoms with van der Waals surface area (Å²) in [5.74, 6) is 3.21. The van der Waals surface area contributed by atoms with Crippen molar-refractivity contribution >= 4 is 11.6 Å². The van der Waals surface area contributed by atoms with Crippen molar-refractivity contribution in [1.29, 1.82) is 0 Å². The van der Waals surface area contributed by atoms with Gasteiger partial charge in [-0.25, -0.2) is 4.99 Å². The first-order valence-corrected chi connectivity index (χ1v) is 9.11. The third-order valence-electron chi connectivity index (χ3n) is 4.01. The molecule has 3 aromatic rings. The van der Waals surface area contributed by atoms with Gasteiger partial charge in [0, 0.05) is 11.6 Å². The van der Waals surface area contributed by atoms with Crippen molar-refractivity contribution in [2.24, 2.45) is 4.99 Å². The zero-order valence-electron chi connectivity index (χ0n) is 16.7. The van der Waals surface area contributed by atoms with E-state index in [1.54, 1.807) is 26.5 Å². The predicted octanol–water partition coefficient (Wildman–Crippen LogP) is 5.80. The molecule has 0 radical (unpaired) electrons. The fourth-order valence-corrected chi connectivity index (χ4v) is 2.45. The van der Waals surface area contributed by atoms with Gasteiger partial charge in [-0.3, -0.25) is 0 Å². The number of benzene rings is 3. The Morgan fingerprint density at radius 3 is 2.07 bits per heavy atom. The first-order valence-electron chi connectivity index (χ1n) is 9.11. The molecule has 0 fully saturated rings. The van der Waals surface area contributed by atoms with Gasteiger partial charge in [-0.2, -0.15) is 0 Å². The Hall–Kier alpha value is -3.73. The van der Waals surface area contributed by atoms with Crippen molar-refractivity contribution in [2.75, 3.05) is 14.2 Å². The SMILES string of the molecule is COc1ccc(OC=C(C)/C(=N\c2ccccc2)Oc2cccc(OC)c2)cc1. The fraction of sp³-hybridized carbons (Fsp3) is 0.125. The van der Waals surface area contributed by atoms with Crippen LogP contribution in [0.1, 0.15) is 6.92 Å². The number of rotatable bonds is 7. The molecule has 0 bridgehead atoms. The number of aliphatic imine (C=N–C) groups is 1. The van der Waals surface area contributed by atoms with Crippen molar-refractivity contribution in [3.05, 3.63) is 90.7 Å². The Labute approximate surface area is 170 Å². The molecule has 29 heavy (non-hydrogen) atoms. The van der Waals surface area contributed by atoms with Gasteiger partial charge in [0.1, 0.15) is 23.0 Å². The van der Waals surface area contributed by atoms with Gasteiger partial charge in [0.2, 0.25) is 5.90 Å². The Kier molecular flexibility index (Phi) is 6.90. The average Bonchev–Trinajstić information content (AvgIpc) is 2.78. The van der Waals surface area contributed by atoms with Crippen LogP contribution in [-0.2, 0) is 0 Å². The Bertz CT molecular complexity index is 979. The van der Waals surface area contributed by atoms with Crippen LogP contribution in [0.5, 0.6) is 23.0 Å². The van der Waals surface area contributed by atoms with E-state index in [0.29, 0.717) is 23.1 Å². The van der Waals surface area contributed by atoms with Crippen molar-refractivity contribution in [2.45, 2.75) is 6.92 Å². The summed E-state index contributed by atoms with van der Waals surface area (Å²) in [5, 5.41) is 0. The summed E-state index contributed by atoms with van der Waals surface area (Å²) < 4.78 is 22.2. The lowest BCUT2D eigenvalue weighted by Gasteiger charge is -2.11. The normalized spacial score (nSPS) is 11.7. The van der Waals surface area contributed by atoms with Gasteiger partial charge in [-0.05, 0) is 55.5 Å². The molecule has 0 heterocycles. The van der Waals surface area contributed by atoms with Crippen molar-refractivity contribution < 1.29 is 18.9 Å². The molecule has 0 spiro atoms. The summed E-state index contributed by atoms with van der Waals surface area (Å²) in [7, 11) is 3.24. The van der Waals surface area contributed by atoms with Gasteiger partial charge in [-0.1, -0.05) is 24.3 Å². The van der Waals surface area contributed by atoms with E-state index in [1.807, 2.05) is 79.7 Å². The fourth-order valence-electron chi connectivity index (χ4n) is 2.45. The molecule has 0 aliphatic carbocycles. The van der Waals surface area contributed by atoms with Crippen molar-refractivity contribution in [3.63, 3.8) is 0 Å². The number of hydrogen-bond acceptors (Lipinski definition) is 5. The minimum absolute atomic E-state index is 0.429. The molecule has 0 unspecified atom stereocenters. The van der Waals surface area contributed by atoms with Gasteiger partial charge in [0.25, 0.3) is 0 Å². The number of para-hydroxylation sites is 1. The van der Waals surface area contributed by atoms with E-state index < -0.39 is 0 Å². The summed E-state index contributed by atoms with van der Waals surface area (Å²) in [6.45, 7) is 1.88. The molecule has 0 aliphatic heterocycles. The highest BCUT2D eigenvalue weighted by atomic mass is 16.5. The molecule has 0 saturated carbocycles. The van der Waals surface area contributed by atoms with Gasteiger partial charge in [0.15, 0.2) is 0 Å². The van der Waals surface area contributed by atoms with Crippen LogP contribution in [0.25, 0.3) is 0 Å². The second-order valence-electron chi connectivity index (χ2n) is 6.13. The van der Waals surface area contributed by atoms with Crippen molar-refractivity contribution in [1.82, 2.24) is 0 Å². The summed E-state index contributed by atoms with van der Waals surface area (Å²) in [6.07, 6.45) is 1.61. The minimum atomic E-state index is 0.429. The van der Waals surface area contributed by atoms with Gasteiger partial charge >= 0.3 is 0 Å². The number of hydrogen-bond donors (Lipinski definition) is 0. The molecule has 0 N–H and O–H groups in total. The lowest BCUT2D eigenvalue weighted by molar-refractivity contribution is 0.411. The van der Waals surface area contributed by atoms with E-state index in [9.17, 15) is 0 Å². The van der Waals surface area contributed by atoms with Gasteiger partial charge < -0.3 is 18.9 Å². The summed E-state index contributed by atoms with van der Waals surface area (Å²) in [6, 6.07) is 24.3. The standard InChI is InChI=1S/C24H23NO4/c1-18(17-28-21-14-12-20(26-2)13-15-21)24(25-19-8-5-4-6-9-19)29-23-11-7-10-22(16-23)27-3/h4-17H,1-3H3/b18-17?,25-24+.